The van der Waals surface area contributed by atoms with Crippen LogP contribution in [-0.2, 0) is 13.1 Å². The molecular formula is C22H32N4O. The molecule has 2 N–H and O–H groups in total. The van der Waals surface area contributed by atoms with Crippen LogP contribution >= 0.6 is 0 Å². The lowest BCUT2D eigenvalue weighted by Crippen LogP contribution is -2.37. The maximum absolute atomic E-state index is 11.9. The first kappa shape index (κ1) is 20.7. The average molecular weight is 369 g/mol. The van der Waals surface area contributed by atoms with E-state index in [0.717, 1.165) is 44.1 Å². The molecule has 1 heterocycles. The summed E-state index contributed by atoms with van der Waals surface area (Å²) in [6.45, 7) is 11.4. The van der Waals surface area contributed by atoms with Crippen molar-refractivity contribution in [3.05, 3.63) is 69.1 Å². The van der Waals surface area contributed by atoms with Crippen molar-refractivity contribution in [3.63, 3.8) is 0 Å². The standard InChI is InChI=1S/C22H32N4O/c1-5-23-22(25-16-20-12-11-17(2)15-18(20)3)24-13-6-7-14-26-19(4)9-8-10-21(26)27/h8-12,15H,5-7,13-14,16H2,1-4H3,(H2,23,24,25). The van der Waals surface area contributed by atoms with Gasteiger partial charge >= 0.3 is 0 Å². The number of aromatic nitrogens is 1. The molecule has 0 fully saturated rings. The monoisotopic (exact) mass is 368 g/mol. The highest BCUT2D eigenvalue weighted by Crippen LogP contribution is 2.11. The Hall–Kier alpha value is -2.56. The fourth-order valence-corrected chi connectivity index (χ4v) is 3.04. The molecule has 0 saturated heterocycles. The van der Waals surface area contributed by atoms with Crippen LogP contribution in [0.25, 0.3) is 0 Å². The molecule has 1 aromatic heterocycles. The first-order chi connectivity index (χ1) is 13.0. The molecule has 146 valence electrons. The van der Waals surface area contributed by atoms with Crippen LogP contribution in [0.2, 0.25) is 0 Å². The van der Waals surface area contributed by atoms with Gasteiger partial charge in [0.25, 0.3) is 5.56 Å². The van der Waals surface area contributed by atoms with Gasteiger partial charge in [-0.1, -0.05) is 29.8 Å². The first-order valence-electron chi connectivity index (χ1n) is 9.76. The highest BCUT2D eigenvalue weighted by molar-refractivity contribution is 5.79. The lowest BCUT2D eigenvalue weighted by molar-refractivity contribution is 0.575. The van der Waals surface area contributed by atoms with E-state index in [-0.39, 0.29) is 5.56 Å². The fourth-order valence-electron chi connectivity index (χ4n) is 3.04. The van der Waals surface area contributed by atoms with Gasteiger partial charge in [-0.05, 0) is 57.7 Å². The second-order valence-electron chi connectivity index (χ2n) is 6.92. The van der Waals surface area contributed by atoms with E-state index in [4.69, 9.17) is 4.99 Å². The van der Waals surface area contributed by atoms with Gasteiger partial charge in [0, 0.05) is 31.4 Å². The molecule has 5 heteroatoms. The van der Waals surface area contributed by atoms with E-state index in [1.54, 1.807) is 6.07 Å². The SMILES string of the molecule is CCNC(=NCc1ccc(C)cc1C)NCCCCn1c(C)cccc1=O. The Bertz CT molecular complexity index is 823. The highest BCUT2D eigenvalue weighted by atomic mass is 16.1. The van der Waals surface area contributed by atoms with Crippen LogP contribution in [0.1, 0.15) is 42.1 Å². The number of aliphatic imine (C=N–C) groups is 1. The molecule has 0 amide bonds. The number of hydrogen-bond acceptors (Lipinski definition) is 2. The van der Waals surface area contributed by atoms with Crippen LogP contribution in [0.4, 0.5) is 0 Å². The summed E-state index contributed by atoms with van der Waals surface area (Å²) in [5, 5.41) is 6.68. The van der Waals surface area contributed by atoms with Gasteiger partial charge < -0.3 is 15.2 Å². The van der Waals surface area contributed by atoms with Gasteiger partial charge in [0.15, 0.2) is 5.96 Å². The number of pyridine rings is 1. The molecule has 0 bridgehead atoms. The minimum Gasteiger partial charge on any atom is -0.357 e. The maximum Gasteiger partial charge on any atom is 0.250 e. The molecule has 2 rings (SSSR count). The zero-order valence-electron chi connectivity index (χ0n) is 17.0. The van der Waals surface area contributed by atoms with Crippen molar-refractivity contribution < 1.29 is 0 Å². The Morgan fingerprint density at radius 2 is 1.89 bits per heavy atom. The molecule has 0 aliphatic carbocycles. The molecule has 0 spiro atoms. The quantitative estimate of drug-likeness (QED) is 0.427. The molecule has 1 aromatic carbocycles. The van der Waals surface area contributed by atoms with Crippen LogP contribution in [0.5, 0.6) is 0 Å². The van der Waals surface area contributed by atoms with E-state index < -0.39 is 0 Å². The van der Waals surface area contributed by atoms with Crippen molar-refractivity contribution in [1.82, 2.24) is 15.2 Å². The van der Waals surface area contributed by atoms with Crippen molar-refractivity contribution >= 4 is 5.96 Å². The normalized spacial score (nSPS) is 11.5. The fraction of sp³-hybridized carbons (Fsp3) is 0.455. The molecule has 0 aliphatic rings. The summed E-state index contributed by atoms with van der Waals surface area (Å²) in [6, 6.07) is 11.9. The van der Waals surface area contributed by atoms with Crippen molar-refractivity contribution in [2.24, 2.45) is 4.99 Å². The van der Waals surface area contributed by atoms with Gasteiger partial charge in [-0.2, -0.15) is 0 Å². The predicted octanol–water partition coefficient (Wildman–Crippen LogP) is 3.31. The third kappa shape index (κ3) is 6.59. The molecule has 0 radical (unpaired) electrons. The van der Waals surface area contributed by atoms with E-state index in [1.807, 2.05) is 23.6 Å². The third-order valence-electron chi connectivity index (χ3n) is 4.62. The smallest absolute Gasteiger partial charge is 0.250 e. The zero-order valence-corrected chi connectivity index (χ0v) is 17.0. The molecule has 2 aromatic rings. The summed E-state index contributed by atoms with van der Waals surface area (Å²) >= 11 is 0. The molecule has 5 nitrogen and oxygen atoms in total. The Morgan fingerprint density at radius 1 is 1.07 bits per heavy atom. The Labute approximate surface area is 162 Å². The van der Waals surface area contributed by atoms with E-state index in [2.05, 4.69) is 49.6 Å². The van der Waals surface area contributed by atoms with Crippen molar-refractivity contribution in [2.45, 2.75) is 53.6 Å². The average Bonchev–Trinajstić information content (AvgIpc) is 2.62. The maximum atomic E-state index is 11.9. The molecular weight excluding hydrogens is 336 g/mol. The van der Waals surface area contributed by atoms with Crippen LogP contribution in [0.15, 0.2) is 46.2 Å². The summed E-state index contributed by atoms with van der Waals surface area (Å²) in [5.41, 5.74) is 4.89. The van der Waals surface area contributed by atoms with Crippen molar-refractivity contribution in [3.8, 4) is 0 Å². The van der Waals surface area contributed by atoms with Gasteiger partial charge in [0.2, 0.25) is 0 Å². The summed E-state index contributed by atoms with van der Waals surface area (Å²) in [4.78, 5) is 16.6. The molecule has 0 atom stereocenters. The number of hydrogen-bond donors (Lipinski definition) is 2. The Kier molecular flexibility index (Phi) is 8.11. The lowest BCUT2D eigenvalue weighted by atomic mass is 10.1. The zero-order chi connectivity index (χ0) is 19.6. The van der Waals surface area contributed by atoms with Crippen LogP contribution in [0, 0.1) is 20.8 Å². The Morgan fingerprint density at radius 3 is 2.59 bits per heavy atom. The number of aryl methyl sites for hydroxylation is 3. The van der Waals surface area contributed by atoms with Crippen LogP contribution in [-0.4, -0.2) is 23.6 Å². The number of rotatable bonds is 8. The number of guanidine groups is 1. The summed E-state index contributed by atoms with van der Waals surface area (Å²) in [6.07, 6.45) is 1.93. The van der Waals surface area contributed by atoms with Crippen molar-refractivity contribution in [2.75, 3.05) is 13.1 Å². The van der Waals surface area contributed by atoms with E-state index in [9.17, 15) is 4.79 Å². The topological polar surface area (TPSA) is 58.4 Å². The minimum atomic E-state index is 0.0753. The third-order valence-corrected chi connectivity index (χ3v) is 4.62. The lowest BCUT2D eigenvalue weighted by Gasteiger charge is -2.13. The summed E-state index contributed by atoms with van der Waals surface area (Å²) in [5.74, 6) is 0.838. The molecule has 0 saturated carbocycles. The van der Waals surface area contributed by atoms with Crippen LogP contribution in [0.3, 0.4) is 0 Å². The summed E-state index contributed by atoms with van der Waals surface area (Å²) < 4.78 is 1.83. The first-order valence-corrected chi connectivity index (χ1v) is 9.76. The number of nitrogens with one attached hydrogen (secondary N) is 2. The summed E-state index contributed by atoms with van der Waals surface area (Å²) in [7, 11) is 0. The number of unbranched alkanes of at least 4 members (excludes halogenated alkanes) is 1. The Balaban J connectivity index is 1.82. The predicted molar refractivity (Wildman–Crippen MR) is 113 cm³/mol. The highest BCUT2D eigenvalue weighted by Gasteiger charge is 2.02. The van der Waals surface area contributed by atoms with Gasteiger partial charge in [0.05, 0.1) is 6.54 Å². The van der Waals surface area contributed by atoms with Gasteiger partial charge in [0.1, 0.15) is 0 Å². The largest absolute Gasteiger partial charge is 0.357 e. The minimum absolute atomic E-state index is 0.0753. The van der Waals surface area contributed by atoms with Gasteiger partial charge in [-0.3, -0.25) is 4.79 Å². The second kappa shape index (κ2) is 10.6. The van der Waals surface area contributed by atoms with E-state index >= 15 is 0 Å². The molecule has 27 heavy (non-hydrogen) atoms. The number of nitrogens with zero attached hydrogens (tertiary/aromatic N) is 2. The molecule has 0 unspecified atom stereocenters. The van der Waals surface area contributed by atoms with Crippen molar-refractivity contribution in [1.29, 1.82) is 0 Å². The van der Waals surface area contributed by atoms with Crippen LogP contribution < -0.4 is 16.2 Å². The molecule has 0 aliphatic heterocycles. The van der Waals surface area contributed by atoms with E-state index in [1.165, 1.54) is 16.7 Å². The second-order valence-corrected chi connectivity index (χ2v) is 6.92. The van der Waals surface area contributed by atoms with Gasteiger partial charge in [-0.25, -0.2) is 4.99 Å². The number of benzene rings is 1. The van der Waals surface area contributed by atoms with E-state index in [0.29, 0.717) is 6.54 Å². The van der Waals surface area contributed by atoms with Gasteiger partial charge in [-0.15, -0.1) is 0 Å².